The second kappa shape index (κ2) is 8.93. The number of esters is 1. The van der Waals surface area contributed by atoms with Gasteiger partial charge < -0.3 is 10.1 Å². The molecule has 0 aromatic rings. The highest BCUT2D eigenvalue weighted by atomic mass is 16.5. The average molecular weight is 470 g/mol. The summed E-state index contributed by atoms with van der Waals surface area (Å²) >= 11 is 0. The Morgan fingerprint density at radius 2 is 1.85 bits per heavy atom. The van der Waals surface area contributed by atoms with Crippen LogP contribution in [0.5, 0.6) is 0 Å². The second-order valence-corrected chi connectivity index (χ2v) is 13.9. The van der Waals surface area contributed by atoms with Gasteiger partial charge in [0.15, 0.2) is 0 Å². The summed E-state index contributed by atoms with van der Waals surface area (Å²) in [6, 6.07) is 1.50. The van der Waals surface area contributed by atoms with Crippen molar-refractivity contribution in [2.24, 2.45) is 52.3 Å². The van der Waals surface area contributed by atoms with Crippen molar-refractivity contribution in [2.75, 3.05) is 0 Å². The molecule has 0 radical (unpaired) electrons. The normalized spacial score (nSPS) is 47.2. The molecular formula is C31H51NO2. The summed E-state index contributed by atoms with van der Waals surface area (Å²) in [5, 5.41) is 3.96. The summed E-state index contributed by atoms with van der Waals surface area (Å²) in [4.78, 5) is 11.5. The first kappa shape index (κ1) is 24.8. The third-order valence-electron chi connectivity index (χ3n) is 12.1. The SMILES string of the molecule is CC[C@H](C(C)C)[C@@H]1N[C@H]1[C@@H](C)[C@H]1CC[C@H]2[C@@H]3CC=C4C[C@@H](OC(C)=O)CC[C@]4(C)[C@H]3CC[C@]12C. The molecule has 5 aliphatic rings. The lowest BCUT2D eigenvalue weighted by molar-refractivity contribution is -0.148. The number of carbonyl (C=O) groups is 1. The summed E-state index contributed by atoms with van der Waals surface area (Å²) in [5.74, 6) is 5.75. The molecule has 192 valence electrons. The molecular weight excluding hydrogens is 418 g/mol. The fourth-order valence-corrected chi connectivity index (χ4v) is 10.3. The molecule has 0 bridgehead atoms. The fraction of sp³-hybridized carbons (Fsp3) is 0.903. The Bertz CT molecular complexity index is 818. The van der Waals surface area contributed by atoms with Gasteiger partial charge in [0.25, 0.3) is 0 Å². The smallest absolute Gasteiger partial charge is 0.302 e. The van der Waals surface area contributed by atoms with Gasteiger partial charge in [-0.05, 0) is 97.2 Å². The van der Waals surface area contributed by atoms with Crippen molar-refractivity contribution < 1.29 is 9.53 Å². The van der Waals surface area contributed by atoms with Gasteiger partial charge >= 0.3 is 5.97 Å². The van der Waals surface area contributed by atoms with Crippen molar-refractivity contribution in [1.82, 2.24) is 5.32 Å². The molecule has 0 amide bonds. The van der Waals surface area contributed by atoms with Crippen LogP contribution < -0.4 is 5.32 Å². The van der Waals surface area contributed by atoms with Gasteiger partial charge in [0.05, 0.1) is 0 Å². The van der Waals surface area contributed by atoms with E-state index in [9.17, 15) is 4.79 Å². The number of fused-ring (bicyclic) bond motifs is 5. The highest BCUT2D eigenvalue weighted by Gasteiger charge is 2.61. The van der Waals surface area contributed by atoms with Crippen molar-refractivity contribution in [2.45, 2.75) is 124 Å². The van der Waals surface area contributed by atoms with Crippen LogP contribution in [0.4, 0.5) is 0 Å². The number of carbonyl (C=O) groups excluding carboxylic acids is 1. The number of nitrogens with one attached hydrogen (secondary N) is 1. The highest BCUT2D eigenvalue weighted by molar-refractivity contribution is 5.66. The van der Waals surface area contributed by atoms with Gasteiger partial charge in [-0.15, -0.1) is 0 Å². The first-order valence-corrected chi connectivity index (χ1v) is 14.7. The first-order valence-electron chi connectivity index (χ1n) is 14.7. The predicted molar refractivity (Wildman–Crippen MR) is 139 cm³/mol. The number of hydrogen-bond acceptors (Lipinski definition) is 3. The number of allylic oxidation sites excluding steroid dienone is 1. The molecule has 1 N–H and O–H groups in total. The minimum Gasteiger partial charge on any atom is -0.462 e. The van der Waals surface area contributed by atoms with Crippen LogP contribution in [-0.4, -0.2) is 24.2 Å². The monoisotopic (exact) mass is 469 g/mol. The zero-order valence-corrected chi connectivity index (χ0v) is 23.0. The molecule has 1 heterocycles. The summed E-state index contributed by atoms with van der Waals surface area (Å²) in [5.41, 5.74) is 2.47. The van der Waals surface area contributed by atoms with E-state index in [1.807, 2.05) is 0 Å². The van der Waals surface area contributed by atoms with Gasteiger partial charge in [-0.25, -0.2) is 0 Å². The molecule has 1 saturated heterocycles. The quantitative estimate of drug-likeness (QED) is 0.255. The molecule has 1 aliphatic heterocycles. The molecule has 3 saturated carbocycles. The van der Waals surface area contributed by atoms with Crippen LogP contribution in [0.25, 0.3) is 0 Å². The zero-order chi connectivity index (χ0) is 24.4. The lowest BCUT2D eigenvalue weighted by Gasteiger charge is -2.58. The van der Waals surface area contributed by atoms with E-state index < -0.39 is 0 Å². The van der Waals surface area contributed by atoms with Crippen molar-refractivity contribution in [1.29, 1.82) is 0 Å². The highest BCUT2D eigenvalue weighted by Crippen LogP contribution is 2.67. The molecule has 11 atom stereocenters. The maximum Gasteiger partial charge on any atom is 0.302 e. The lowest BCUT2D eigenvalue weighted by Crippen LogP contribution is -2.51. The Balaban J connectivity index is 1.30. The molecule has 0 aromatic heterocycles. The van der Waals surface area contributed by atoms with Crippen molar-refractivity contribution in [3.05, 3.63) is 11.6 Å². The Hall–Kier alpha value is -0.830. The van der Waals surface area contributed by atoms with Gasteiger partial charge in [0.2, 0.25) is 0 Å². The second-order valence-electron chi connectivity index (χ2n) is 13.9. The molecule has 3 nitrogen and oxygen atoms in total. The van der Waals surface area contributed by atoms with Crippen LogP contribution in [0.3, 0.4) is 0 Å². The minimum atomic E-state index is -0.117. The Kier molecular flexibility index (Phi) is 6.52. The maximum absolute atomic E-state index is 11.5. The topological polar surface area (TPSA) is 48.2 Å². The summed E-state index contributed by atoms with van der Waals surface area (Å²) in [6.07, 6.45) is 14.2. The lowest BCUT2D eigenvalue weighted by atomic mass is 9.47. The molecule has 34 heavy (non-hydrogen) atoms. The Morgan fingerprint density at radius 1 is 1.09 bits per heavy atom. The third kappa shape index (κ3) is 3.91. The average Bonchev–Trinajstić information content (AvgIpc) is 3.47. The maximum atomic E-state index is 11.5. The van der Waals surface area contributed by atoms with Crippen LogP contribution in [0.2, 0.25) is 0 Å². The largest absolute Gasteiger partial charge is 0.462 e. The van der Waals surface area contributed by atoms with Crippen LogP contribution in [-0.2, 0) is 9.53 Å². The first-order chi connectivity index (χ1) is 16.1. The molecule has 0 unspecified atom stereocenters. The third-order valence-corrected chi connectivity index (χ3v) is 12.1. The Morgan fingerprint density at radius 3 is 2.53 bits per heavy atom. The summed E-state index contributed by atoms with van der Waals surface area (Å²) in [6.45, 7) is 16.6. The van der Waals surface area contributed by atoms with Crippen LogP contribution in [0.15, 0.2) is 11.6 Å². The summed E-state index contributed by atoms with van der Waals surface area (Å²) < 4.78 is 5.64. The van der Waals surface area contributed by atoms with E-state index in [4.69, 9.17) is 4.74 Å². The van der Waals surface area contributed by atoms with Gasteiger partial charge in [-0.2, -0.15) is 0 Å². The van der Waals surface area contributed by atoms with Crippen LogP contribution >= 0.6 is 0 Å². The van der Waals surface area contributed by atoms with Crippen LogP contribution in [0.1, 0.15) is 106 Å². The molecule has 3 heteroatoms. The van der Waals surface area contributed by atoms with Crippen molar-refractivity contribution >= 4 is 5.97 Å². The van der Waals surface area contributed by atoms with Gasteiger partial charge in [0.1, 0.15) is 6.10 Å². The van der Waals surface area contributed by atoms with E-state index >= 15 is 0 Å². The molecule has 0 aromatic carbocycles. The molecule has 5 rings (SSSR count). The van der Waals surface area contributed by atoms with E-state index in [1.54, 1.807) is 12.5 Å². The number of ether oxygens (including phenoxy) is 1. The van der Waals surface area contributed by atoms with E-state index in [2.05, 4.69) is 52.9 Å². The van der Waals surface area contributed by atoms with E-state index in [1.165, 1.54) is 44.9 Å². The van der Waals surface area contributed by atoms with E-state index in [0.717, 1.165) is 66.4 Å². The Labute approximate surface area is 209 Å². The van der Waals surface area contributed by atoms with Crippen molar-refractivity contribution in [3.8, 4) is 0 Å². The standard InChI is InChI=1S/C31H51NO2/c1-8-23(18(2)3)29-28(32-29)19(4)25-11-12-26-24-10-9-21-17-22(34-20(5)33)13-15-30(21,6)27(24)14-16-31(25,26)7/h9,18-19,22-29,32H,8,10-17H2,1-7H3/t19-,22-,23+,24-,25+,26-,27-,28-,29-,30-,31+/m0/s1. The van der Waals surface area contributed by atoms with E-state index in [0.29, 0.717) is 10.8 Å². The van der Waals surface area contributed by atoms with Gasteiger partial charge in [-0.1, -0.05) is 59.6 Å². The van der Waals surface area contributed by atoms with Gasteiger partial charge in [0, 0.05) is 25.4 Å². The van der Waals surface area contributed by atoms with Crippen molar-refractivity contribution in [3.63, 3.8) is 0 Å². The molecule has 0 spiro atoms. The minimum absolute atomic E-state index is 0.107. The molecule has 4 aliphatic carbocycles. The summed E-state index contributed by atoms with van der Waals surface area (Å²) in [7, 11) is 0. The number of hydrogen-bond donors (Lipinski definition) is 1. The van der Waals surface area contributed by atoms with E-state index in [-0.39, 0.29) is 12.1 Å². The molecule has 4 fully saturated rings. The van der Waals surface area contributed by atoms with Gasteiger partial charge in [-0.3, -0.25) is 4.79 Å². The fourth-order valence-electron chi connectivity index (χ4n) is 10.3. The van der Waals surface area contributed by atoms with Crippen LogP contribution in [0, 0.1) is 52.3 Å². The predicted octanol–water partition coefficient (Wildman–Crippen LogP) is 7.16. The zero-order valence-electron chi connectivity index (χ0n) is 23.0. The number of rotatable bonds is 6.